The Hall–Kier alpha value is -3.15. The van der Waals surface area contributed by atoms with Gasteiger partial charge >= 0.3 is 12.1 Å². The summed E-state index contributed by atoms with van der Waals surface area (Å²) in [5.74, 6) is -0.915. The van der Waals surface area contributed by atoms with Crippen molar-refractivity contribution in [2.45, 2.75) is 0 Å². The van der Waals surface area contributed by atoms with Crippen molar-refractivity contribution >= 4 is 23.8 Å². The number of esters is 1. The number of carbonyl (C=O) groups is 2. The lowest BCUT2D eigenvalue weighted by Gasteiger charge is -2.10. The second-order valence-corrected chi connectivity index (χ2v) is 4.39. The van der Waals surface area contributed by atoms with Crippen LogP contribution in [0.15, 0.2) is 54.6 Å². The number of ether oxygens (including phenoxy) is 2. The average molecular weight is 315 g/mol. The van der Waals surface area contributed by atoms with Crippen LogP contribution in [0.25, 0.3) is 6.08 Å². The van der Waals surface area contributed by atoms with E-state index in [1.165, 1.54) is 25.3 Å². The lowest BCUT2D eigenvalue weighted by molar-refractivity contribution is -0.134. The highest BCUT2D eigenvalue weighted by Crippen LogP contribution is 2.22. The van der Waals surface area contributed by atoms with E-state index in [0.29, 0.717) is 11.3 Å². The van der Waals surface area contributed by atoms with E-state index >= 15 is 0 Å². The average Bonchev–Trinajstić information content (AvgIpc) is 2.56. The highest BCUT2D eigenvalue weighted by atomic mass is 19.1. The molecule has 6 heteroatoms. The molecule has 2 aromatic rings. The summed E-state index contributed by atoms with van der Waals surface area (Å²) in [6.45, 7) is 0. The van der Waals surface area contributed by atoms with Gasteiger partial charge in [-0.1, -0.05) is 30.3 Å². The zero-order valence-electron chi connectivity index (χ0n) is 12.3. The van der Waals surface area contributed by atoms with Crippen molar-refractivity contribution in [3.8, 4) is 5.75 Å². The van der Waals surface area contributed by atoms with Gasteiger partial charge in [-0.15, -0.1) is 0 Å². The molecular formula is C17H14FNO4. The molecule has 0 saturated carbocycles. The lowest BCUT2D eigenvalue weighted by Crippen LogP contribution is -2.18. The smallest absolute Gasteiger partial charge is 0.417 e. The molecule has 0 fully saturated rings. The highest BCUT2D eigenvalue weighted by Gasteiger charge is 2.12. The number of halogens is 1. The molecule has 0 unspecified atom stereocenters. The number of para-hydroxylation sites is 2. The van der Waals surface area contributed by atoms with Gasteiger partial charge in [-0.3, -0.25) is 5.32 Å². The first-order chi connectivity index (χ1) is 11.1. The van der Waals surface area contributed by atoms with E-state index in [9.17, 15) is 14.0 Å². The fourth-order valence-electron chi connectivity index (χ4n) is 1.76. The lowest BCUT2D eigenvalue weighted by atomic mass is 10.1. The van der Waals surface area contributed by atoms with Crippen LogP contribution < -0.4 is 10.1 Å². The summed E-state index contributed by atoms with van der Waals surface area (Å²) in [7, 11) is 1.23. The Labute approximate surface area is 132 Å². The van der Waals surface area contributed by atoms with Crippen LogP contribution in [0.2, 0.25) is 0 Å². The highest BCUT2D eigenvalue weighted by molar-refractivity contribution is 5.92. The molecule has 1 N–H and O–H groups in total. The minimum Gasteiger partial charge on any atom is -0.466 e. The molecule has 0 aliphatic rings. The van der Waals surface area contributed by atoms with Crippen molar-refractivity contribution in [3.05, 3.63) is 66.0 Å². The van der Waals surface area contributed by atoms with Gasteiger partial charge < -0.3 is 9.47 Å². The molecule has 0 aliphatic carbocycles. The summed E-state index contributed by atoms with van der Waals surface area (Å²) in [6, 6.07) is 12.6. The van der Waals surface area contributed by atoms with Crippen molar-refractivity contribution in [1.82, 2.24) is 0 Å². The third-order valence-electron chi connectivity index (χ3n) is 2.83. The van der Waals surface area contributed by atoms with E-state index in [4.69, 9.17) is 4.74 Å². The standard InChI is InChI=1S/C17H14FNO4/c1-22-15(20)11-10-12-6-5-9-14(18)16(12)19-17(21)23-13-7-3-2-4-8-13/h2-11H,1H3,(H,19,21)/b11-10+. The SMILES string of the molecule is COC(=O)/C=C/c1cccc(F)c1NC(=O)Oc1ccccc1. The van der Waals surface area contributed by atoms with Gasteiger partial charge in [0.15, 0.2) is 0 Å². The fourth-order valence-corrected chi connectivity index (χ4v) is 1.76. The number of nitrogens with one attached hydrogen (secondary N) is 1. The Balaban J connectivity index is 2.17. The largest absolute Gasteiger partial charge is 0.466 e. The van der Waals surface area contributed by atoms with Crippen LogP contribution in [0, 0.1) is 5.82 Å². The van der Waals surface area contributed by atoms with E-state index in [1.54, 1.807) is 36.4 Å². The fraction of sp³-hybridized carbons (Fsp3) is 0.0588. The van der Waals surface area contributed by atoms with Crippen molar-refractivity contribution in [2.75, 3.05) is 12.4 Å². The molecule has 0 aromatic heterocycles. The minimum atomic E-state index is -0.839. The minimum absolute atomic E-state index is 0.0893. The first-order valence-corrected chi connectivity index (χ1v) is 6.68. The van der Waals surface area contributed by atoms with Gasteiger partial charge in [-0.2, -0.15) is 0 Å². The Bertz CT molecular complexity index is 729. The second-order valence-electron chi connectivity index (χ2n) is 4.39. The second kappa shape index (κ2) is 7.74. The van der Waals surface area contributed by atoms with Crippen LogP contribution in [-0.2, 0) is 9.53 Å². The number of amides is 1. The quantitative estimate of drug-likeness (QED) is 0.691. The van der Waals surface area contributed by atoms with Crippen LogP contribution in [-0.4, -0.2) is 19.2 Å². The van der Waals surface area contributed by atoms with Crippen LogP contribution in [0.4, 0.5) is 14.9 Å². The maximum absolute atomic E-state index is 13.9. The van der Waals surface area contributed by atoms with Gasteiger partial charge in [0.25, 0.3) is 0 Å². The molecule has 5 nitrogen and oxygen atoms in total. The summed E-state index contributed by atoms with van der Waals surface area (Å²) in [6.07, 6.45) is 1.63. The molecular weight excluding hydrogens is 301 g/mol. The zero-order chi connectivity index (χ0) is 16.7. The van der Waals surface area contributed by atoms with E-state index in [0.717, 1.165) is 6.08 Å². The van der Waals surface area contributed by atoms with Crippen LogP contribution in [0.5, 0.6) is 5.75 Å². The summed E-state index contributed by atoms with van der Waals surface area (Å²) < 4.78 is 23.4. The molecule has 0 atom stereocenters. The Morgan fingerprint density at radius 2 is 1.83 bits per heavy atom. The van der Waals surface area contributed by atoms with Crippen LogP contribution in [0.1, 0.15) is 5.56 Å². The molecule has 0 saturated heterocycles. The molecule has 0 bridgehead atoms. The van der Waals surface area contributed by atoms with E-state index in [2.05, 4.69) is 10.1 Å². The monoisotopic (exact) mass is 315 g/mol. The van der Waals surface area contributed by atoms with Crippen molar-refractivity contribution in [1.29, 1.82) is 0 Å². The molecule has 1 amide bonds. The van der Waals surface area contributed by atoms with E-state index in [1.807, 2.05) is 0 Å². The van der Waals surface area contributed by atoms with Crippen LogP contribution in [0.3, 0.4) is 0 Å². The molecule has 23 heavy (non-hydrogen) atoms. The van der Waals surface area contributed by atoms with E-state index < -0.39 is 17.9 Å². The van der Waals surface area contributed by atoms with E-state index in [-0.39, 0.29) is 5.69 Å². The number of hydrogen-bond acceptors (Lipinski definition) is 4. The topological polar surface area (TPSA) is 64.6 Å². The number of benzene rings is 2. The predicted octanol–water partition coefficient (Wildman–Crippen LogP) is 3.62. The van der Waals surface area contributed by atoms with Gasteiger partial charge in [0, 0.05) is 11.6 Å². The number of carbonyl (C=O) groups excluding carboxylic acids is 2. The third kappa shape index (κ3) is 4.67. The zero-order valence-corrected chi connectivity index (χ0v) is 12.3. The first kappa shape index (κ1) is 16.2. The molecule has 0 heterocycles. The van der Waals surface area contributed by atoms with Gasteiger partial charge in [0.05, 0.1) is 12.8 Å². The number of hydrogen-bond donors (Lipinski definition) is 1. The number of methoxy groups -OCH3 is 1. The predicted molar refractivity (Wildman–Crippen MR) is 83.5 cm³/mol. The van der Waals surface area contributed by atoms with Gasteiger partial charge in [0.1, 0.15) is 11.6 Å². The maximum atomic E-state index is 13.9. The maximum Gasteiger partial charge on any atom is 0.417 e. The molecule has 2 aromatic carbocycles. The third-order valence-corrected chi connectivity index (χ3v) is 2.83. The first-order valence-electron chi connectivity index (χ1n) is 6.68. The van der Waals surface area contributed by atoms with Crippen molar-refractivity contribution in [3.63, 3.8) is 0 Å². The summed E-state index contributed by atoms with van der Waals surface area (Å²) in [5, 5.41) is 2.33. The van der Waals surface area contributed by atoms with Crippen LogP contribution >= 0.6 is 0 Å². The Kier molecular flexibility index (Phi) is 5.46. The Morgan fingerprint density at radius 3 is 2.52 bits per heavy atom. The number of rotatable bonds is 4. The Morgan fingerprint density at radius 1 is 1.09 bits per heavy atom. The molecule has 118 valence electrons. The van der Waals surface area contributed by atoms with Crippen molar-refractivity contribution in [2.24, 2.45) is 0 Å². The summed E-state index contributed by atoms with van der Waals surface area (Å²) in [5.41, 5.74) is 0.217. The molecule has 2 rings (SSSR count). The molecule has 0 aliphatic heterocycles. The molecule has 0 spiro atoms. The summed E-state index contributed by atoms with van der Waals surface area (Å²) >= 11 is 0. The van der Waals surface area contributed by atoms with Gasteiger partial charge in [-0.25, -0.2) is 14.0 Å². The van der Waals surface area contributed by atoms with Crippen molar-refractivity contribution < 1.29 is 23.5 Å². The van der Waals surface area contributed by atoms with Gasteiger partial charge in [-0.05, 0) is 24.3 Å². The molecule has 0 radical (unpaired) electrons. The number of anilines is 1. The normalized spacial score (nSPS) is 10.3. The summed E-state index contributed by atoms with van der Waals surface area (Å²) in [4.78, 5) is 23.0. The van der Waals surface area contributed by atoms with Gasteiger partial charge in [0.2, 0.25) is 0 Å².